The van der Waals surface area contributed by atoms with E-state index in [2.05, 4.69) is 0 Å². The molecule has 23 heavy (non-hydrogen) atoms. The van der Waals surface area contributed by atoms with Gasteiger partial charge in [0.15, 0.2) is 5.78 Å². The van der Waals surface area contributed by atoms with Gasteiger partial charge < -0.3 is 10.0 Å². The zero-order valence-corrected chi connectivity index (χ0v) is 14.1. The minimum atomic E-state index is -1.11. The summed E-state index contributed by atoms with van der Waals surface area (Å²) in [7, 11) is 0. The zero-order valence-electron chi connectivity index (χ0n) is 13.3. The maximum absolute atomic E-state index is 13.0. The topological polar surface area (TPSA) is 74.7 Å². The molecule has 1 amide bonds. The molecule has 0 aromatic heterocycles. The van der Waals surface area contributed by atoms with Crippen molar-refractivity contribution in [2.24, 2.45) is 0 Å². The molecule has 1 heterocycles. The molecule has 0 saturated carbocycles. The smallest absolute Gasteiger partial charge is 0.308 e. The number of aryl methyl sites for hydroxylation is 1. The first-order valence-corrected chi connectivity index (χ1v) is 8.60. The summed E-state index contributed by atoms with van der Waals surface area (Å²) in [6, 6.07) is 7.13. The number of nitrogens with zero attached hydrogens (tertiary/aromatic N) is 1. The second-order valence-corrected chi connectivity index (χ2v) is 6.20. The quantitative estimate of drug-likeness (QED) is 0.810. The maximum Gasteiger partial charge on any atom is 0.308 e. The number of carboxylic acid groups (broad SMARTS) is 1. The second-order valence-electron chi connectivity index (χ2n) is 5.29. The fraction of sp³-hybridized carbons (Fsp3) is 0.353. The van der Waals surface area contributed by atoms with Crippen LogP contribution in [0, 0.1) is 6.92 Å². The number of rotatable bonds is 6. The number of aliphatic carboxylic acids is 1. The van der Waals surface area contributed by atoms with Crippen LogP contribution in [0.15, 0.2) is 35.4 Å². The van der Waals surface area contributed by atoms with Crippen LogP contribution >= 0.6 is 11.8 Å². The maximum atomic E-state index is 13.0. The van der Waals surface area contributed by atoms with E-state index < -0.39 is 17.8 Å². The van der Waals surface area contributed by atoms with Crippen LogP contribution in [0.1, 0.15) is 29.3 Å². The fourth-order valence-corrected chi connectivity index (χ4v) is 3.78. The molecule has 1 atom stereocenters. The Labute approximate surface area is 139 Å². The number of carbonyl (C=O) groups excluding carboxylic acids is 2. The highest BCUT2D eigenvalue weighted by Crippen LogP contribution is 2.36. The van der Waals surface area contributed by atoms with Crippen molar-refractivity contribution in [1.29, 1.82) is 0 Å². The van der Waals surface area contributed by atoms with Crippen molar-refractivity contribution in [2.75, 3.05) is 12.8 Å². The highest BCUT2D eigenvalue weighted by atomic mass is 32.2. The number of ketones is 1. The molecule has 0 aliphatic carbocycles. The molecule has 1 aromatic carbocycles. The van der Waals surface area contributed by atoms with Crippen LogP contribution < -0.4 is 0 Å². The summed E-state index contributed by atoms with van der Waals surface area (Å²) in [5.41, 5.74) is 1.73. The Morgan fingerprint density at radius 3 is 2.48 bits per heavy atom. The summed E-state index contributed by atoms with van der Waals surface area (Å²) in [5.74, 6) is -1.73. The van der Waals surface area contributed by atoms with E-state index in [9.17, 15) is 14.4 Å². The lowest BCUT2D eigenvalue weighted by atomic mass is 9.95. The van der Waals surface area contributed by atoms with Gasteiger partial charge in [0, 0.05) is 23.3 Å². The summed E-state index contributed by atoms with van der Waals surface area (Å²) in [6.07, 6.45) is 1.38. The third-order valence-corrected chi connectivity index (χ3v) is 4.84. The standard InChI is InChI=1S/C17H19NO4S/c1-4-18-16(22)12(9-13(19)20)14(17(18)23-3)15(21)11-8-6-5-7-10(11)2/h5-8,17H,4,9H2,1-3H3,(H,19,20)/t17-/m0/s1. The second kappa shape index (κ2) is 7.00. The van der Waals surface area contributed by atoms with Gasteiger partial charge in [-0.1, -0.05) is 24.3 Å². The van der Waals surface area contributed by atoms with E-state index in [1.165, 1.54) is 11.8 Å². The van der Waals surface area contributed by atoms with Crippen LogP contribution in [0.25, 0.3) is 0 Å². The zero-order chi connectivity index (χ0) is 17.1. The molecule has 0 unspecified atom stereocenters. The third kappa shape index (κ3) is 3.17. The molecule has 1 aromatic rings. The molecule has 1 N–H and O–H groups in total. The number of amides is 1. The first-order chi connectivity index (χ1) is 10.9. The average Bonchev–Trinajstić information content (AvgIpc) is 2.78. The van der Waals surface area contributed by atoms with E-state index in [0.29, 0.717) is 17.7 Å². The lowest BCUT2D eigenvalue weighted by Crippen LogP contribution is -2.34. The van der Waals surface area contributed by atoms with Gasteiger partial charge in [0.05, 0.1) is 6.42 Å². The number of hydrogen-bond donors (Lipinski definition) is 1. The van der Waals surface area contributed by atoms with Crippen LogP contribution in [-0.4, -0.2) is 45.8 Å². The Balaban J connectivity index is 2.58. The van der Waals surface area contributed by atoms with Gasteiger partial charge in [-0.2, -0.15) is 0 Å². The Morgan fingerprint density at radius 2 is 1.96 bits per heavy atom. The van der Waals surface area contributed by atoms with Crippen molar-refractivity contribution in [3.05, 3.63) is 46.5 Å². The van der Waals surface area contributed by atoms with Gasteiger partial charge in [-0.3, -0.25) is 14.4 Å². The van der Waals surface area contributed by atoms with Crippen molar-refractivity contribution < 1.29 is 19.5 Å². The highest BCUT2D eigenvalue weighted by molar-refractivity contribution is 7.99. The van der Waals surface area contributed by atoms with Gasteiger partial charge in [-0.25, -0.2) is 0 Å². The summed E-state index contributed by atoms with van der Waals surface area (Å²) in [4.78, 5) is 38.2. The number of likely N-dealkylation sites (N-methyl/N-ethyl adjacent to an activating group) is 1. The third-order valence-electron chi connectivity index (χ3n) is 3.90. The minimum Gasteiger partial charge on any atom is -0.481 e. The van der Waals surface area contributed by atoms with Crippen LogP contribution in [0.5, 0.6) is 0 Å². The minimum absolute atomic E-state index is 0.104. The van der Waals surface area contributed by atoms with Crippen LogP contribution in [0.2, 0.25) is 0 Å². The molecule has 1 aliphatic rings. The van der Waals surface area contributed by atoms with Gasteiger partial charge in [0.1, 0.15) is 5.37 Å². The van der Waals surface area contributed by atoms with E-state index in [0.717, 1.165) is 5.56 Å². The van der Waals surface area contributed by atoms with Crippen molar-refractivity contribution in [1.82, 2.24) is 4.90 Å². The Hall–Kier alpha value is -2.08. The van der Waals surface area contributed by atoms with Gasteiger partial charge in [0.25, 0.3) is 5.91 Å². The first-order valence-electron chi connectivity index (χ1n) is 7.31. The van der Waals surface area contributed by atoms with Crippen molar-refractivity contribution in [2.45, 2.75) is 25.6 Å². The Morgan fingerprint density at radius 1 is 1.30 bits per heavy atom. The Kier molecular flexibility index (Phi) is 5.26. The number of hydrogen-bond acceptors (Lipinski definition) is 4. The number of carboxylic acids is 1. The van der Waals surface area contributed by atoms with Crippen molar-refractivity contribution in [3.8, 4) is 0 Å². The monoisotopic (exact) mass is 333 g/mol. The molecule has 0 fully saturated rings. The normalized spacial score (nSPS) is 17.8. The molecule has 5 nitrogen and oxygen atoms in total. The molecular weight excluding hydrogens is 314 g/mol. The van der Waals surface area contributed by atoms with Crippen molar-refractivity contribution in [3.63, 3.8) is 0 Å². The molecule has 1 aliphatic heterocycles. The largest absolute Gasteiger partial charge is 0.481 e. The molecule has 0 spiro atoms. The number of Topliss-reactive ketones (excluding diaryl/α,β-unsaturated/α-hetero) is 1. The molecule has 6 heteroatoms. The average molecular weight is 333 g/mol. The van der Waals surface area contributed by atoms with Gasteiger partial charge >= 0.3 is 5.97 Å². The van der Waals surface area contributed by atoms with Crippen LogP contribution in [-0.2, 0) is 9.59 Å². The van der Waals surface area contributed by atoms with Crippen LogP contribution in [0.4, 0.5) is 0 Å². The number of benzene rings is 1. The van der Waals surface area contributed by atoms with E-state index in [-0.39, 0.29) is 17.3 Å². The van der Waals surface area contributed by atoms with E-state index in [1.54, 1.807) is 17.0 Å². The molecule has 0 radical (unpaired) electrons. The molecule has 0 saturated heterocycles. The van der Waals surface area contributed by atoms with Crippen molar-refractivity contribution >= 4 is 29.4 Å². The van der Waals surface area contributed by atoms with E-state index >= 15 is 0 Å². The highest BCUT2D eigenvalue weighted by Gasteiger charge is 2.42. The molecule has 122 valence electrons. The summed E-state index contributed by atoms with van der Waals surface area (Å²) >= 11 is 1.37. The molecular formula is C17H19NO4S. The van der Waals surface area contributed by atoms with Gasteiger partial charge in [-0.15, -0.1) is 11.8 Å². The van der Waals surface area contributed by atoms with Crippen LogP contribution in [0.3, 0.4) is 0 Å². The fourth-order valence-electron chi connectivity index (χ4n) is 2.80. The molecule has 2 rings (SSSR count). The summed E-state index contributed by atoms with van der Waals surface area (Å²) in [6.45, 7) is 4.08. The number of thioether (sulfide) groups is 1. The number of carbonyl (C=O) groups is 3. The van der Waals surface area contributed by atoms with Gasteiger partial charge in [0.2, 0.25) is 0 Å². The summed E-state index contributed by atoms with van der Waals surface area (Å²) < 4.78 is 0. The van der Waals surface area contributed by atoms with Gasteiger partial charge in [-0.05, 0) is 25.7 Å². The predicted molar refractivity (Wildman–Crippen MR) is 89.5 cm³/mol. The Bertz CT molecular complexity index is 696. The first kappa shape index (κ1) is 17.3. The predicted octanol–water partition coefficient (Wildman–Crippen LogP) is 2.50. The van der Waals surface area contributed by atoms with E-state index in [4.69, 9.17) is 5.11 Å². The summed E-state index contributed by atoms with van der Waals surface area (Å²) in [5, 5.41) is 8.68. The van der Waals surface area contributed by atoms with E-state index in [1.807, 2.05) is 32.2 Å². The molecule has 0 bridgehead atoms. The lowest BCUT2D eigenvalue weighted by Gasteiger charge is -2.23. The lowest BCUT2D eigenvalue weighted by molar-refractivity contribution is -0.137. The SMILES string of the molecule is CCN1C(=O)C(CC(=O)O)=C(C(=O)c2ccccc2C)[C@@H]1SC.